The van der Waals surface area contributed by atoms with Gasteiger partial charge in [0.05, 0.1) is 17.3 Å². The number of nitrogens with zero attached hydrogens (tertiary/aromatic N) is 5. The van der Waals surface area contributed by atoms with E-state index < -0.39 is 29.6 Å². The van der Waals surface area contributed by atoms with Crippen LogP contribution < -0.4 is 4.74 Å². The van der Waals surface area contributed by atoms with Gasteiger partial charge in [-0.25, -0.2) is 19.6 Å². The second-order valence-electron chi connectivity index (χ2n) is 5.00. The number of carbonyl (C=O) groups excluding carboxylic acids is 1. The van der Waals surface area contributed by atoms with Gasteiger partial charge in [-0.1, -0.05) is 11.6 Å². The molecule has 0 atom stereocenters. The SMILES string of the molecule is O=C(Cn1cncn1)c1cnc(Oc2ccc(Cl)nc2)cc1C(F)(F)F. The van der Waals surface area contributed by atoms with E-state index in [0.717, 1.165) is 10.9 Å². The second kappa shape index (κ2) is 7.08. The summed E-state index contributed by atoms with van der Waals surface area (Å²) in [6.07, 6.45) is -0.314. The number of carbonyl (C=O) groups is 1. The summed E-state index contributed by atoms with van der Waals surface area (Å²) in [5.41, 5.74) is -1.75. The third-order valence-electron chi connectivity index (χ3n) is 3.18. The summed E-state index contributed by atoms with van der Waals surface area (Å²) in [4.78, 5) is 23.4. The fraction of sp³-hybridized carbons (Fsp3) is 0.133. The molecule has 0 saturated carbocycles. The third-order valence-corrected chi connectivity index (χ3v) is 3.40. The summed E-state index contributed by atoms with van der Waals surface area (Å²) in [6, 6.07) is 3.49. The van der Waals surface area contributed by atoms with Crippen LogP contribution in [0, 0.1) is 0 Å². The number of ether oxygens (including phenoxy) is 1. The second-order valence-corrected chi connectivity index (χ2v) is 5.39. The summed E-state index contributed by atoms with van der Waals surface area (Å²) in [5, 5.41) is 3.90. The maximum atomic E-state index is 13.4. The van der Waals surface area contributed by atoms with Crippen LogP contribution in [0.4, 0.5) is 13.2 Å². The third kappa shape index (κ3) is 4.14. The van der Waals surface area contributed by atoms with Crippen molar-refractivity contribution in [3.63, 3.8) is 0 Å². The minimum Gasteiger partial charge on any atom is -0.437 e. The summed E-state index contributed by atoms with van der Waals surface area (Å²) in [7, 11) is 0. The van der Waals surface area contributed by atoms with Crippen LogP contribution in [0.15, 0.2) is 43.2 Å². The first-order valence-corrected chi connectivity index (χ1v) is 7.43. The van der Waals surface area contributed by atoms with Crippen molar-refractivity contribution in [1.29, 1.82) is 0 Å². The predicted molar refractivity (Wildman–Crippen MR) is 82.9 cm³/mol. The normalized spacial score (nSPS) is 11.4. The van der Waals surface area contributed by atoms with Crippen molar-refractivity contribution >= 4 is 17.4 Å². The zero-order valence-electron chi connectivity index (χ0n) is 12.8. The highest BCUT2D eigenvalue weighted by Crippen LogP contribution is 2.34. The molecule has 0 bridgehead atoms. The van der Waals surface area contributed by atoms with Crippen LogP contribution in [0.5, 0.6) is 11.6 Å². The van der Waals surface area contributed by atoms with Crippen LogP contribution in [-0.2, 0) is 12.7 Å². The Morgan fingerprint density at radius 3 is 2.65 bits per heavy atom. The van der Waals surface area contributed by atoms with Gasteiger partial charge in [-0.05, 0) is 12.1 Å². The van der Waals surface area contributed by atoms with Gasteiger partial charge in [-0.15, -0.1) is 0 Å². The average Bonchev–Trinajstić information content (AvgIpc) is 3.09. The zero-order valence-corrected chi connectivity index (χ0v) is 13.6. The van der Waals surface area contributed by atoms with E-state index in [0.29, 0.717) is 6.07 Å². The number of alkyl halides is 3. The number of halogens is 4. The molecule has 0 unspecified atom stereocenters. The number of Topliss-reactive ketones (excluding diaryl/α,β-unsaturated/α-hetero) is 1. The van der Waals surface area contributed by atoms with Gasteiger partial charge in [-0.2, -0.15) is 18.3 Å². The maximum Gasteiger partial charge on any atom is 0.417 e. The molecule has 7 nitrogen and oxygen atoms in total. The number of aromatic nitrogens is 5. The molecule has 0 spiro atoms. The van der Waals surface area contributed by atoms with Crippen molar-refractivity contribution < 1.29 is 22.7 Å². The van der Waals surface area contributed by atoms with Gasteiger partial charge in [0.25, 0.3) is 0 Å². The van der Waals surface area contributed by atoms with Crippen LogP contribution >= 0.6 is 11.6 Å². The first kappa shape index (κ1) is 17.8. The monoisotopic (exact) mass is 383 g/mol. The lowest BCUT2D eigenvalue weighted by Gasteiger charge is -2.13. The molecular weight excluding hydrogens is 375 g/mol. The van der Waals surface area contributed by atoms with E-state index in [1.54, 1.807) is 0 Å². The molecule has 0 amide bonds. The van der Waals surface area contributed by atoms with E-state index in [-0.39, 0.29) is 16.8 Å². The van der Waals surface area contributed by atoms with Crippen LogP contribution in [0.1, 0.15) is 15.9 Å². The summed E-state index contributed by atoms with van der Waals surface area (Å²) >= 11 is 5.63. The van der Waals surface area contributed by atoms with Gasteiger partial charge in [0.1, 0.15) is 30.1 Å². The molecule has 0 aliphatic heterocycles. The molecular formula is C15H9ClF3N5O2. The first-order chi connectivity index (χ1) is 12.3. The number of hydrogen-bond donors (Lipinski definition) is 0. The smallest absolute Gasteiger partial charge is 0.417 e. The van der Waals surface area contributed by atoms with E-state index in [4.69, 9.17) is 16.3 Å². The van der Waals surface area contributed by atoms with Crippen LogP contribution in [0.25, 0.3) is 0 Å². The fourth-order valence-electron chi connectivity index (χ4n) is 2.04. The molecule has 0 N–H and O–H groups in total. The van der Waals surface area contributed by atoms with E-state index in [1.165, 1.54) is 31.0 Å². The van der Waals surface area contributed by atoms with Crippen LogP contribution in [0.2, 0.25) is 5.15 Å². The molecule has 26 heavy (non-hydrogen) atoms. The molecule has 0 saturated heterocycles. The van der Waals surface area contributed by atoms with Gasteiger partial charge >= 0.3 is 6.18 Å². The summed E-state index contributed by atoms with van der Waals surface area (Å²) in [5.74, 6) is -0.995. The first-order valence-electron chi connectivity index (χ1n) is 7.05. The molecule has 0 aliphatic carbocycles. The quantitative estimate of drug-likeness (QED) is 0.496. The highest BCUT2D eigenvalue weighted by Gasteiger charge is 2.36. The lowest BCUT2D eigenvalue weighted by molar-refractivity contribution is -0.138. The highest BCUT2D eigenvalue weighted by molar-refractivity contribution is 6.29. The minimum atomic E-state index is -4.77. The number of rotatable bonds is 5. The van der Waals surface area contributed by atoms with Crippen molar-refractivity contribution in [2.75, 3.05) is 0 Å². The van der Waals surface area contributed by atoms with E-state index in [2.05, 4.69) is 20.1 Å². The molecule has 3 heterocycles. The Morgan fingerprint density at radius 1 is 1.23 bits per heavy atom. The van der Waals surface area contributed by atoms with E-state index in [9.17, 15) is 18.0 Å². The number of ketones is 1. The van der Waals surface area contributed by atoms with Gasteiger partial charge in [0.15, 0.2) is 5.78 Å². The van der Waals surface area contributed by atoms with Gasteiger partial charge in [0.2, 0.25) is 5.88 Å². The Labute approximate surface area is 149 Å². The summed E-state index contributed by atoms with van der Waals surface area (Å²) in [6.45, 7) is -0.397. The molecule has 0 radical (unpaired) electrons. The fourth-order valence-corrected chi connectivity index (χ4v) is 2.15. The zero-order chi connectivity index (χ0) is 18.7. The van der Waals surface area contributed by atoms with Crippen LogP contribution in [0.3, 0.4) is 0 Å². The van der Waals surface area contributed by atoms with Gasteiger partial charge in [0, 0.05) is 12.3 Å². The Hall–Kier alpha value is -3.01. The Morgan fingerprint density at radius 2 is 2.04 bits per heavy atom. The highest BCUT2D eigenvalue weighted by atomic mass is 35.5. The lowest BCUT2D eigenvalue weighted by Crippen LogP contribution is -2.18. The molecule has 0 fully saturated rings. The van der Waals surface area contributed by atoms with Crippen molar-refractivity contribution in [2.24, 2.45) is 0 Å². The average molecular weight is 384 g/mol. The van der Waals surface area contributed by atoms with Crippen molar-refractivity contribution in [1.82, 2.24) is 24.7 Å². The van der Waals surface area contributed by atoms with Crippen LogP contribution in [-0.4, -0.2) is 30.5 Å². The Balaban J connectivity index is 1.90. The number of pyridine rings is 2. The molecule has 11 heteroatoms. The predicted octanol–water partition coefficient (Wildman–Crippen LogP) is 3.42. The lowest BCUT2D eigenvalue weighted by atomic mass is 10.1. The molecule has 0 aromatic carbocycles. The Bertz CT molecular complexity index is 914. The molecule has 3 rings (SSSR count). The standard InChI is InChI=1S/C15H9ClF3N5O2/c16-13-2-1-9(4-21-13)26-14-3-11(15(17,18)19)10(5-22-14)12(25)6-24-8-20-7-23-24/h1-5,7-8H,6H2. The summed E-state index contributed by atoms with van der Waals surface area (Å²) < 4.78 is 46.4. The minimum absolute atomic E-state index is 0.150. The molecule has 3 aromatic rings. The van der Waals surface area contributed by atoms with Gasteiger partial charge < -0.3 is 4.74 Å². The molecule has 134 valence electrons. The van der Waals surface area contributed by atoms with E-state index in [1.807, 2.05) is 0 Å². The maximum absolute atomic E-state index is 13.4. The topological polar surface area (TPSA) is 82.8 Å². The van der Waals surface area contributed by atoms with Crippen molar-refractivity contribution in [3.05, 3.63) is 59.5 Å². The van der Waals surface area contributed by atoms with Gasteiger partial charge in [-0.3, -0.25) is 4.79 Å². The van der Waals surface area contributed by atoms with Crippen molar-refractivity contribution in [3.8, 4) is 11.6 Å². The largest absolute Gasteiger partial charge is 0.437 e. The molecule has 3 aromatic heterocycles. The van der Waals surface area contributed by atoms with E-state index >= 15 is 0 Å². The Kier molecular flexibility index (Phi) is 4.85. The van der Waals surface area contributed by atoms with Crippen molar-refractivity contribution in [2.45, 2.75) is 12.7 Å². The number of hydrogen-bond acceptors (Lipinski definition) is 6. The molecule has 0 aliphatic rings.